The summed E-state index contributed by atoms with van der Waals surface area (Å²) in [5.41, 5.74) is 12.6. The molecule has 2 aromatic rings. The quantitative estimate of drug-likeness (QED) is 0.672. The molecule has 1 aliphatic carbocycles. The molecular weight excluding hydrogens is 298 g/mol. The van der Waals surface area contributed by atoms with Gasteiger partial charge in [-0.05, 0) is 66.1 Å². The Morgan fingerprint density at radius 3 is 2.92 bits per heavy atom. The molecule has 1 aliphatic heterocycles. The molecule has 0 atom stereocenters. The van der Waals surface area contributed by atoms with E-state index in [4.69, 9.17) is 10.5 Å². The average Bonchev–Trinajstić information content (AvgIpc) is 3.22. The molecule has 2 aliphatic rings. The maximum atomic E-state index is 6.02. The van der Waals surface area contributed by atoms with Gasteiger partial charge in [-0.25, -0.2) is 0 Å². The summed E-state index contributed by atoms with van der Waals surface area (Å²) in [4.78, 5) is 4.45. The third-order valence-electron chi connectivity index (χ3n) is 4.81. The number of nitrogens with zero attached hydrogens (tertiary/aromatic N) is 1. The SMILES string of the molecule is NC(=NCCc1ccc2c(c1)CCO2)Nc1ccc2c(c1)CCC2. The number of aryl methyl sites for hydroxylation is 2. The second-order valence-electron chi connectivity index (χ2n) is 6.52. The number of hydrogen-bond acceptors (Lipinski definition) is 2. The molecule has 0 fully saturated rings. The topological polar surface area (TPSA) is 59.6 Å². The number of benzene rings is 2. The van der Waals surface area contributed by atoms with Gasteiger partial charge in [0, 0.05) is 18.7 Å². The molecule has 0 saturated heterocycles. The van der Waals surface area contributed by atoms with Crippen LogP contribution in [-0.2, 0) is 25.7 Å². The van der Waals surface area contributed by atoms with Crippen LogP contribution >= 0.6 is 0 Å². The first-order valence-corrected chi connectivity index (χ1v) is 8.71. The molecule has 0 aromatic heterocycles. The van der Waals surface area contributed by atoms with Crippen molar-refractivity contribution in [3.8, 4) is 5.75 Å². The fraction of sp³-hybridized carbons (Fsp3) is 0.350. The van der Waals surface area contributed by atoms with Gasteiger partial charge in [-0.15, -0.1) is 0 Å². The van der Waals surface area contributed by atoms with Gasteiger partial charge in [0.05, 0.1) is 6.61 Å². The normalized spacial score (nSPS) is 15.8. The Kier molecular flexibility index (Phi) is 4.11. The van der Waals surface area contributed by atoms with Crippen LogP contribution in [0.1, 0.15) is 28.7 Å². The lowest BCUT2D eigenvalue weighted by Gasteiger charge is -2.08. The lowest BCUT2D eigenvalue weighted by Crippen LogP contribution is -2.23. The molecule has 4 heteroatoms. The van der Waals surface area contributed by atoms with Gasteiger partial charge in [-0.3, -0.25) is 4.99 Å². The number of nitrogens with one attached hydrogen (secondary N) is 1. The van der Waals surface area contributed by atoms with E-state index in [9.17, 15) is 0 Å². The zero-order valence-corrected chi connectivity index (χ0v) is 13.8. The summed E-state index contributed by atoms with van der Waals surface area (Å²) in [6.07, 6.45) is 5.53. The molecule has 0 saturated carbocycles. The Morgan fingerprint density at radius 1 is 1.04 bits per heavy atom. The van der Waals surface area contributed by atoms with Crippen LogP contribution in [0.15, 0.2) is 41.4 Å². The summed E-state index contributed by atoms with van der Waals surface area (Å²) < 4.78 is 5.54. The number of guanidine groups is 1. The predicted molar refractivity (Wildman–Crippen MR) is 97.9 cm³/mol. The van der Waals surface area contributed by atoms with Crippen molar-refractivity contribution in [2.24, 2.45) is 10.7 Å². The molecule has 1 heterocycles. The summed E-state index contributed by atoms with van der Waals surface area (Å²) in [7, 11) is 0. The van der Waals surface area contributed by atoms with Crippen molar-refractivity contribution >= 4 is 11.6 Å². The first-order valence-electron chi connectivity index (χ1n) is 8.71. The minimum absolute atomic E-state index is 0.484. The van der Waals surface area contributed by atoms with Crippen LogP contribution in [0, 0.1) is 0 Å². The minimum Gasteiger partial charge on any atom is -0.493 e. The summed E-state index contributed by atoms with van der Waals surface area (Å²) in [6.45, 7) is 1.48. The van der Waals surface area contributed by atoms with Gasteiger partial charge in [-0.1, -0.05) is 18.2 Å². The van der Waals surface area contributed by atoms with Crippen molar-refractivity contribution in [1.82, 2.24) is 0 Å². The molecule has 0 radical (unpaired) electrons. The molecule has 0 unspecified atom stereocenters. The Balaban J connectivity index is 1.34. The fourth-order valence-electron chi connectivity index (χ4n) is 3.54. The number of nitrogens with two attached hydrogens (primary N) is 1. The summed E-state index contributed by atoms with van der Waals surface area (Å²) in [6, 6.07) is 12.9. The van der Waals surface area contributed by atoms with Gasteiger partial charge in [0.2, 0.25) is 0 Å². The van der Waals surface area contributed by atoms with E-state index in [2.05, 4.69) is 46.7 Å². The highest BCUT2D eigenvalue weighted by molar-refractivity contribution is 5.92. The van der Waals surface area contributed by atoms with Gasteiger partial charge in [0.1, 0.15) is 5.75 Å². The molecule has 0 bridgehead atoms. The molecule has 4 rings (SSSR count). The second-order valence-corrected chi connectivity index (χ2v) is 6.52. The number of ether oxygens (including phenoxy) is 1. The van der Waals surface area contributed by atoms with Gasteiger partial charge in [0.15, 0.2) is 5.96 Å². The van der Waals surface area contributed by atoms with E-state index in [1.165, 1.54) is 41.5 Å². The van der Waals surface area contributed by atoms with E-state index >= 15 is 0 Å². The molecular formula is C20H23N3O. The molecule has 2 aromatic carbocycles. The monoisotopic (exact) mass is 321 g/mol. The Hall–Kier alpha value is -2.49. The summed E-state index contributed by atoms with van der Waals surface area (Å²) >= 11 is 0. The van der Waals surface area contributed by atoms with Crippen LogP contribution in [0.4, 0.5) is 5.69 Å². The minimum atomic E-state index is 0.484. The van der Waals surface area contributed by atoms with E-state index in [0.717, 1.165) is 30.9 Å². The molecule has 24 heavy (non-hydrogen) atoms. The first-order chi connectivity index (χ1) is 11.8. The highest BCUT2D eigenvalue weighted by atomic mass is 16.5. The Labute approximate surface area is 142 Å². The van der Waals surface area contributed by atoms with E-state index < -0.39 is 0 Å². The largest absolute Gasteiger partial charge is 0.493 e. The number of hydrogen-bond donors (Lipinski definition) is 2. The maximum Gasteiger partial charge on any atom is 0.193 e. The van der Waals surface area contributed by atoms with Crippen LogP contribution in [0.25, 0.3) is 0 Å². The van der Waals surface area contributed by atoms with Crippen molar-refractivity contribution in [1.29, 1.82) is 0 Å². The number of rotatable bonds is 4. The van der Waals surface area contributed by atoms with Crippen LogP contribution < -0.4 is 15.8 Å². The van der Waals surface area contributed by atoms with E-state index in [0.29, 0.717) is 12.5 Å². The molecule has 4 nitrogen and oxygen atoms in total. The summed E-state index contributed by atoms with van der Waals surface area (Å²) in [5.74, 6) is 1.51. The highest BCUT2D eigenvalue weighted by Gasteiger charge is 2.12. The lowest BCUT2D eigenvalue weighted by molar-refractivity contribution is 0.357. The highest BCUT2D eigenvalue weighted by Crippen LogP contribution is 2.26. The average molecular weight is 321 g/mol. The van der Waals surface area contributed by atoms with Crippen LogP contribution in [-0.4, -0.2) is 19.1 Å². The van der Waals surface area contributed by atoms with E-state index in [-0.39, 0.29) is 0 Å². The van der Waals surface area contributed by atoms with Gasteiger partial charge in [0.25, 0.3) is 0 Å². The number of anilines is 1. The van der Waals surface area contributed by atoms with Crippen molar-refractivity contribution in [2.45, 2.75) is 32.1 Å². The molecule has 124 valence electrons. The fourth-order valence-corrected chi connectivity index (χ4v) is 3.54. The van der Waals surface area contributed by atoms with Crippen molar-refractivity contribution in [3.05, 3.63) is 58.7 Å². The van der Waals surface area contributed by atoms with Crippen LogP contribution in [0.3, 0.4) is 0 Å². The third-order valence-corrected chi connectivity index (χ3v) is 4.81. The molecule has 0 spiro atoms. The van der Waals surface area contributed by atoms with Crippen LogP contribution in [0.2, 0.25) is 0 Å². The zero-order valence-electron chi connectivity index (χ0n) is 13.8. The van der Waals surface area contributed by atoms with Crippen molar-refractivity contribution < 1.29 is 4.74 Å². The standard InChI is InChI=1S/C20H23N3O/c21-20(23-18-6-5-15-2-1-3-16(15)13-18)22-10-8-14-4-7-19-17(12-14)9-11-24-19/h4-7,12-13H,1-3,8-11H2,(H3,21,22,23). The molecule has 3 N–H and O–H groups in total. The number of aliphatic imine (C=N–C) groups is 1. The Bertz CT molecular complexity index is 782. The maximum absolute atomic E-state index is 6.02. The van der Waals surface area contributed by atoms with Crippen molar-refractivity contribution in [2.75, 3.05) is 18.5 Å². The second kappa shape index (κ2) is 6.56. The zero-order chi connectivity index (χ0) is 16.4. The van der Waals surface area contributed by atoms with Gasteiger partial charge < -0.3 is 15.8 Å². The van der Waals surface area contributed by atoms with Crippen LogP contribution in [0.5, 0.6) is 5.75 Å². The van der Waals surface area contributed by atoms with Gasteiger partial charge in [-0.2, -0.15) is 0 Å². The van der Waals surface area contributed by atoms with E-state index in [1.807, 2.05) is 0 Å². The van der Waals surface area contributed by atoms with E-state index in [1.54, 1.807) is 0 Å². The Morgan fingerprint density at radius 2 is 1.96 bits per heavy atom. The van der Waals surface area contributed by atoms with Crippen molar-refractivity contribution in [3.63, 3.8) is 0 Å². The lowest BCUT2D eigenvalue weighted by atomic mass is 10.1. The number of fused-ring (bicyclic) bond motifs is 2. The molecule has 0 amide bonds. The predicted octanol–water partition coefficient (Wildman–Crippen LogP) is 3.08. The third kappa shape index (κ3) is 3.23. The van der Waals surface area contributed by atoms with Gasteiger partial charge >= 0.3 is 0 Å². The first kappa shape index (κ1) is 15.1. The summed E-state index contributed by atoms with van der Waals surface area (Å²) in [5, 5.41) is 3.21. The smallest absolute Gasteiger partial charge is 0.193 e.